The van der Waals surface area contributed by atoms with Crippen molar-refractivity contribution in [2.45, 2.75) is 24.7 Å². The fraction of sp³-hybridized carbons (Fsp3) is 0.0909. The first-order valence-corrected chi connectivity index (χ1v) is 20.3. The normalized spacial score (nSPS) is 16.5. The number of anilines is 2. The summed E-state index contributed by atoms with van der Waals surface area (Å²) in [6, 6.07) is 60.3. The van der Waals surface area contributed by atoms with E-state index >= 15 is 0 Å². The van der Waals surface area contributed by atoms with E-state index < -0.39 is 0 Å². The van der Waals surface area contributed by atoms with Gasteiger partial charge in [-0.25, -0.2) is 0 Å². The number of aryl methyl sites for hydroxylation is 1. The van der Waals surface area contributed by atoms with Crippen molar-refractivity contribution in [1.29, 1.82) is 0 Å². The third kappa shape index (κ3) is 4.65. The minimum atomic E-state index is -0.327. The molecule has 57 heavy (non-hydrogen) atoms. The third-order valence-electron chi connectivity index (χ3n) is 13.0. The first-order valence-electron chi connectivity index (χ1n) is 20.3. The Morgan fingerprint density at radius 1 is 0.561 bits per heavy atom. The molecule has 0 amide bonds. The fourth-order valence-corrected chi connectivity index (χ4v) is 10.6. The lowest BCUT2D eigenvalue weighted by molar-refractivity contribution is 0.456. The lowest BCUT2D eigenvalue weighted by Crippen LogP contribution is -2.36. The Morgan fingerprint density at radius 2 is 1.25 bits per heavy atom. The zero-order valence-electron chi connectivity index (χ0n) is 31.5. The maximum absolute atomic E-state index is 6.76. The molecule has 0 fully saturated rings. The summed E-state index contributed by atoms with van der Waals surface area (Å²) < 4.78 is 6.76. The van der Waals surface area contributed by atoms with Gasteiger partial charge in [0.25, 0.3) is 0 Å². The van der Waals surface area contributed by atoms with Crippen molar-refractivity contribution >= 4 is 60.9 Å². The summed E-state index contributed by atoms with van der Waals surface area (Å²) in [6.45, 7) is 0. The number of furan rings is 1. The van der Waals surface area contributed by atoms with E-state index in [4.69, 9.17) is 4.42 Å². The summed E-state index contributed by atoms with van der Waals surface area (Å²) in [4.78, 5) is 2.44. The third-order valence-corrected chi connectivity index (χ3v) is 13.0. The molecule has 8 aromatic carbocycles. The van der Waals surface area contributed by atoms with Crippen molar-refractivity contribution < 1.29 is 4.42 Å². The highest BCUT2D eigenvalue weighted by molar-refractivity contribution is 6.14. The molecule has 0 bridgehead atoms. The Labute approximate surface area is 332 Å². The van der Waals surface area contributed by atoms with Gasteiger partial charge in [0, 0.05) is 22.2 Å². The standard InChI is InChI=1S/C55H39NO/c1-2-15-36(16-3-1)55(50-25-11-8-21-45(50)46-22-9-12-26-51(46)55)37-29-31-38(32-30-37)56(52-27-14-24-48-47-23-10-13-28-53(47)57-54(48)52)39-33-34-44-42-19-5-4-17-40(42)41-18-6-7-20-43(41)49(44)35-39/h1-5,7-17,19-29,31-35,37H,6,18,30H2. The molecule has 12 rings (SSSR count). The molecule has 3 aliphatic carbocycles. The number of fused-ring (bicyclic) bond motifs is 12. The molecule has 1 aromatic heterocycles. The number of allylic oxidation sites excluding steroid dienone is 4. The first kappa shape index (κ1) is 32.4. The summed E-state index contributed by atoms with van der Waals surface area (Å²) >= 11 is 0. The van der Waals surface area contributed by atoms with Gasteiger partial charge in [-0.15, -0.1) is 0 Å². The van der Waals surface area contributed by atoms with Crippen LogP contribution in [0.5, 0.6) is 0 Å². The number of hydrogen-bond acceptors (Lipinski definition) is 2. The van der Waals surface area contributed by atoms with E-state index in [0.29, 0.717) is 0 Å². The summed E-state index contributed by atoms with van der Waals surface area (Å²) in [5, 5.41) is 7.53. The second-order valence-corrected chi connectivity index (χ2v) is 15.8. The van der Waals surface area contributed by atoms with Crippen LogP contribution in [0, 0.1) is 5.92 Å². The van der Waals surface area contributed by atoms with Crippen LogP contribution in [0.4, 0.5) is 11.4 Å². The van der Waals surface area contributed by atoms with Gasteiger partial charge in [0.15, 0.2) is 5.58 Å². The Balaban J connectivity index is 1.07. The van der Waals surface area contributed by atoms with Crippen molar-refractivity contribution in [2.75, 3.05) is 4.90 Å². The molecule has 0 N–H and O–H groups in total. The topological polar surface area (TPSA) is 16.4 Å². The number of nitrogens with zero attached hydrogens (tertiary/aromatic N) is 1. The van der Waals surface area contributed by atoms with Gasteiger partial charge in [0.05, 0.1) is 11.1 Å². The van der Waals surface area contributed by atoms with Crippen LogP contribution in [-0.2, 0) is 11.8 Å². The molecule has 1 unspecified atom stereocenters. The quantitative estimate of drug-likeness (QED) is 0.164. The monoisotopic (exact) mass is 729 g/mol. The molecule has 2 heteroatoms. The molecule has 1 heterocycles. The largest absolute Gasteiger partial charge is 0.454 e. The Hall–Kier alpha value is -6.90. The van der Waals surface area contributed by atoms with Crippen molar-refractivity contribution in [3.8, 4) is 11.1 Å². The van der Waals surface area contributed by atoms with Crippen LogP contribution in [0.3, 0.4) is 0 Å². The summed E-state index contributed by atoms with van der Waals surface area (Å²) in [7, 11) is 0. The van der Waals surface area contributed by atoms with Gasteiger partial charge in [0.1, 0.15) is 5.58 Å². The molecule has 0 aliphatic heterocycles. The highest BCUT2D eigenvalue weighted by Crippen LogP contribution is 2.58. The van der Waals surface area contributed by atoms with Crippen LogP contribution in [0.2, 0.25) is 0 Å². The van der Waals surface area contributed by atoms with Crippen molar-refractivity contribution in [3.63, 3.8) is 0 Å². The number of hydrogen-bond donors (Lipinski definition) is 0. The van der Waals surface area contributed by atoms with Gasteiger partial charge in [-0.2, -0.15) is 0 Å². The van der Waals surface area contributed by atoms with Crippen molar-refractivity contribution in [2.24, 2.45) is 5.92 Å². The van der Waals surface area contributed by atoms with E-state index in [1.54, 1.807) is 0 Å². The van der Waals surface area contributed by atoms with Gasteiger partial charge in [-0.05, 0) is 116 Å². The lowest BCUT2D eigenvalue weighted by Gasteiger charge is -2.40. The lowest BCUT2D eigenvalue weighted by atomic mass is 9.62. The van der Waals surface area contributed by atoms with Gasteiger partial charge < -0.3 is 9.32 Å². The molecular weight excluding hydrogens is 691 g/mol. The van der Waals surface area contributed by atoms with Gasteiger partial charge in [-0.1, -0.05) is 164 Å². The van der Waals surface area contributed by atoms with E-state index in [1.165, 1.54) is 60.5 Å². The predicted octanol–water partition coefficient (Wildman–Crippen LogP) is 14.5. The zero-order chi connectivity index (χ0) is 37.5. The van der Waals surface area contributed by atoms with E-state index in [1.807, 2.05) is 0 Å². The van der Waals surface area contributed by atoms with Crippen molar-refractivity contribution in [3.05, 3.63) is 222 Å². The highest BCUT2D eigenvalue weighted by Gasteiger charge is 2.49. The van der Waals surface area contributed by atoms with Crippen LogP contribution >= 0.6 is 0 Å². The molecule has 1 atom stereocenters. The van der Waals surface area contributed by atoms with Crippen molar-refractivity contribution in [1.82, 2.24) is 0 Å². The van der Waals surface area contributed by atoms with Crippen LogP contribution in [0.25, 0.3) is 60.7 Å². The molecule has 2 nitrogen and oxygen atoms in total. The zero-order valence-corrected chi connectivity index (χ0v) is 31.5. The summed E-state index contributed by atoms with van der Waals surface area (Å²) in [5.41, 5.74) is 14.3. The fourth-order valence-electron chi connectivity index (χ4n) is 10.6. The highest BCUT2D eigenvalue weighted by atomic mass is 16.3. The summed E-state index contributed by atoms with van der Waals surface area (Å²) in [6.07, 6.45) is 15.0. The molecular formula is C55H39NO. The average molecular weight is 730 g/mol. The van der Waals surface area contributed by atoms with Gasteiger partial charge in [0.2, 0.25) is 0 Å². The molecule has 0 radical (unpaired) electrons. The SMILES string of the molecule is C1=Cc2c(c3ccccc3c3ccc(N(C4=CCC(C5(c6ccccc6)c6ccccc6-c6ccccc65)C=C4)c4cccc5c4oc4ccccc45)cc23)CC1. The minimum absolute atomic E-state index is 0.192. The molecule has 0 saturated heterocycles. The molecule has 9 aromatic rings. The van der Waals surface area contributed by atoms with Crippen LogP contribution < -0.4 is 4.90 Å². The minimum Gasteiger partial charge on any atom is -0.454 e. The molecule has 270 valence electrons. The van der Waals surface area contributed by atoms with Gasteiger partial charge >= 0.3 is 0 Å². The second-order valence-electron chi connectivity index (χ2n) is 15.8. The van der Waals surface area contributed by atoms with E-state index in [9.17, 15) is 0 Å². The van der Waals surface area contributed by atoms with Crippen LogP contribution in [0.1, 0.15) is 40.7 Å². The Morgan fingerprint density at radius 3 is 2.04 bits per heavy atom. The predicted molar refractivity (Wildman–Crippen MR) is 238 cm³/mol. The Bertz CT molecular complexity index is 3130. The molecule has 0 spiro atoms. The Kier molecular flexibility index (Phi) is 7.13. The van der Waals surface area contributed by atoms with Gasteiger partial charge in [-0.3, -0.25) is 0 Å². The number of rotatable bonds is 5. The smallest absolute Gasteiger partial charge is 0.159 e. The summed E-state index contributed by atoms with van der Waals surface area (Å²) in [5.74, 6) is 0.192. The van der Waals surface area contributed by atoms with E-state index in [2.05, 4.69) is 199 Å². The maximum Gasteiger partial charge on any atom is 0.159 e. The number of para-hydroxylation sites is 2. The molecule has 3 aliphatic rings. The maximum atomic E-state index is 6.76. The van der Waals surface area contributed by atoms with E-state index in [-0.39, 0.29) is 11.3 Å². The van der Waals surface area contributed by atoms with Crippen LogP contribution in [-0.4, -0.2) is 0 Å². The van der Waals surface area contributed by atoms with Crippen LogP contribution in [0.15, 0.2) is 198 Å². The molecule has 0 saturated carbocycles. The van der Waals surface area contributed by atoms with E-state index in [0.717, 1.165) is 58.3 Å². The first-order chi connectivity index (χ1) is 28.3. The average Bonchev–Trinajstić information content (AvgIpc) is 3.82. The number of benzene rings is 8. The second kappa shape index (κ2) is 12.6.